The van der Waals surface area contributed by atoms with Gasteiger partial charge in [-0.25, -0.2) is 0 Å². The first kappa shape index (κ1) is 8.33. The van der Waals surface area contributed by atoms with Gasteiger partial charge in [0.15, 0.2) is 0 Å². The van der Waals surface area contributed by atoms with E-state index in [1.54, 1.807) is 6.92 Å². The molecule has 1 rings (SSSR count). The molecule has 0 radical (unpaired) electrons. The van der Waals surface area contributed by atoms with Crippen molar-refractivity contribution in [3.05, 3.63) is 0 Å². The molecule has 4 nitrogen and oxygen atoms in total. The smallest absolute Gasteiger partial charge is 0.141 e. The van der Waals surface area contributed by atoms with Gasteiger partial charge >= 0.3 is 0 Å². The minimum absolute atomic E-state index is 0.676. The molecule has 1 saturated heterocycles. The molecule has 0 saturated carbocycles. The zero-order valence-corrected chi connectivity index (χ0v) is 6.79. The van der Waals surface area contributed by atoms with Gasteiger partial charge in [-0.15, -0.1) is 0 Å². The third-order valence-electron chi connectivity index (χ3n) is 1.82. The van der Waals surface area contributed by atoms with Gasteiger partial charge in [-0.2, -0.15) is 0 Å². The second-order valence-electron chi connectivity index (χ2n) is 2.60. The normalized spacial score (nSPS) is 21.5. The lowest BCUT2D eigenvalue weighted by atomic mass is 10.4. The monoisotopic (exact) mass is 158 g/mol. The highest BCUT2D eigenvalue weighted by atomic mass is 16.5. The van der Waals surface area contributed by atoms with Gasteiger partial charge in [-0.3, -0.25) is 0 Å². The molecule has 0 aromatic carbocycles. The molecular weight excluding hydrogens is 144 g/mol. The van der Waals surface area contributed by atoms with Crippen LogP contribution in [0, 0.1) is 0 Å². The van der Waals surface area contributed by atoms with Gasteiger partial charge in [-0.1, -0.05) is 5.16 Å². The van der Waals surface area contributed by atoms with Crippen LogP contribution in [-0.2, 0) is 4.74 Å². The van der Waals surface area contributed by atoms with Crippen LogP contribution in [-0.4, -0.2) is 42.2 Å². The van der Waals surface area contributed by atoms with Crippen molar-refractivity contribution in [3.8, 4) is 0 Å². The maximum atomic E-state index is 8.48. The van der Waals surface area contributed by atoms with Crippen LogP contribution >= 0.6 is 0 Å². The minimum Gasteiger partial charge on any atom is -0.409 e. The van der Waals surface area contributed by atoms with Crippen LogP contribution in [0.4, 0.5) is 0 Å². The van der Waals surface area contributed by atoms with E-state index in [0.29, 0.717) is 5.84 Å². The van der Waals surface area contributed by atoms with E-state index in [0.717, 1.165) is 32.7 Å². The van der Waals surface area contributed by atoms with E-state index in [-0.39, 0.29) is 0 Å². The lowest BCUT2D eigenvalue weighted by Crippen LogP contribution is -2.31. The fraction of sp³-hybridized carbons (Fsp3) is 0.857. The van der Waals surface area contributed by atoms with Gasteiger partial charge in [0.2, 0.25) is 0 Å². The summed E-state index contributed by atoms with van der Waals surface area (Å²) < 4.78 is 5.24. The number of hydrogen-bond donors (Lipinski definition) is 1. The Hall–Kier alpha value is -0.770. The highest BCUT2D eigenvalue weighted by Gasteiger charge is 2.09. The Balaban J connectivity index is 2.42. The van der Waals surface area contributed by atoms with Crippen LogP contribution in [0.1, 0.15) is 13.3 Å². The van der Waals surface area contributed by atoms with Gasteiger partial charge in [0.25, 0.3) is 0 Å². The molecule has 0 aliphatic carbocycles. The third-order valence-corrected chi connectivity index (χ3v) is 1.82. The van der Waals surface area contributed by atoms with E-state index in [2.05, 4.69) is 5.16 Å². The predicted octanol–water partition coefficient (Wildman–Crippen LogP) is 0.516. The maximum Gasteiger partial charge on any atom is 0.141 e. The van der Waals surface area contributed by atoms with Crippen LogP contribution in [0.15, 0.2) is 5.16 Å². The highest BCUT2D eigenvalue weighted by molar-refractivity contribution is 5.78. The summed E-state index contributed by atoms with van der Waals surface area (Å²) in [4.78, 5) is 2.02. The van der Waals surface area contributed by atoms with Crippen molar-refractivity contribution in [1.82, 2.24) is 4.90 Å². The lowest BCUT2D eigenvalue weighted by Gasteiger charge is -2.19. The molecule has 0 bridgehead atoms. The SMILES string of the molecule is C/C(=N\O)N1CCCOCC1. The molecule has 1 aliphatic rings. The van der Waals surface area contributed by atoms with Crippen LogP contribution in [0.25, 0.3) is 0 Å². The van der Waals surface area contributed by atoms with Crippen molar-refractivity contribution in [2.24, 2.45) is 5.16 Å². The van der Waals surface area contributed by atoms with Crippen molar-refractivity contribution in [2.45, 2.75) is 13.3 Å². The lowest BCUT2D eigenvalue weighted by molar-refractivity contribution is 0.147. The summed E-state index contributed by atoms with van der Waals surface area (Å²) in [5.74, 6) is 0.676. The molecule has 64 valence electrons. The van der Waals surface area contributed by atoms with Crippen LogP contribution < -0.4 is 0 Å². The first-order valence-electron chi connectivity index (χ1n) is 3.86. The quantitative estimate of drug-likeness (QED) is 0.242. The zero-order chi connectivity index (χ0) is 8.10. The first-order valence-corrected chi connectivity index (χ1v) is 3.86. The van der Waals surface area contributed by atoms with Crippen molar-refractivity contribution < 1.29 is 9.94 Å². The first-order chi connectivity index (χ1) is 5.34. The molecule has 1 fully saturated rings. The van der Waals surface area contributed by atoms with Crippen molar-refractivity contribution >= 4 is 5.84 Å². The van der Waals surface area contributed by atoms with E-state index < -0.39 is 0 Å². The molecule has 0 aromatic rings. The van der Waals surface area contributed by atoms with E-state index in [1.165, 1.54) is 0 Å². The summed E-state index contributed by atoms with van der Waals surface area (Å²) in [5, 5.41) is 11.6. The summed E-state index contributed by atoms with van der Waals surface area (Å²) in [6.45, 7) is 5.10. The summed E-state index contributed by atoms with van der Waals surface area (Å²) >= 11 is 0. The molecule has 4 heteroatoms. The molecular formula is C7H14N2O2. The van der Waals surface area contributed by atoms with Crippen LogP contribution in [0.3, 0.4) is 0 Å². The molecule has 0 aromatic heterocycles. The second-order valence-corrected chi connectivity index (χ2v) is 2.60. The van der Waals surface area contributed by atoms with Crippen molar-refractivity contribution in [3.63, 3.8) is 0 Å². The average Bonchev–Trinajstić information content (AvgIpc) is 2.30. The van der Waals surface area contributed by atoms with Crippen LogP contribution in [0.5, 0.6) is 0 Å². The average molecular weight is 158 g/mol. The number of amidine groups is 1. The van der Waals surface area contributed by atoms with Crippen molar-refractivity contribution in [1.29, 1.82) is 0 Å². The van der Waals surface area contributed by atoms with Gasteiger partial charge < -0.3 is 14.8 Å². The molecule has 1 heterocycles. The Morgan fingerprint density at radius 2 is 2.27 bits per heavy atom. The Labute approximate surface area is 66.4 Å². The number of nitrogens with zero attached hydrogens (tertiary/aromatic N) is 2. The Bertz CT molecular complexity index is 139. The van der Waals surface area contributed by atoms with Crippen molar-refractivity contribution in [2.75, 3.05) is 26.3 Å². The molecule has 0 spiro atoms. The summed E-state index contributed by atoms with van der Waals surface area (Å²) in [6.07, 6.45) is 1.01. The maximum absolute atomic E-state index is 8.48. The third kappa shape index (κ3) is 2.38. The Morgan fingerprint density at radius 3 is 3.00 bits per heavy atom. The Morgan fingerprint density at radius 1 is 1.45 bits per heavy atom. The van der Waals surface area contributed by atoms with E-state index in [4.69, 9.17) is 9.94 Å². The molecule has 0 atom stereocenters. The highest BCUT2D eigenvalue weighted by Crippen LogP contribution is 1.99. The number of hydrogen-bond acceptors (Lipinski definition) is 3. The predicted molar refractivity (Wildman–Crippen MR) is 41.9 cm³/mol. The number of rotatable bonds is 0. The van der Waals surface area contributed by atoms with Gasteiger partial charge in [0.05, 0.1) is 6.61 Å². The topological polar surface area (TPSA) is 45.1 Å². The van der Waals surface area contributed by atoms with E-state index in [9.17, 15) is 0 Å². The number of oxime groups is 1. The van der Waals surface area contributed by atoms with E-state index >= 15 is 0 Å². The minimum atomic E-state index is 0.676. The fourth-order valence-electron chi connectivity index (χ4n) is 1.13. The van der Waals surface area contributed by atoms with Gasteiger partial charge in [-0.05, 0) is 13.3 Å². The molecule has 0 unspecified atom stereocenters. The molecule has 1 N–H and O–H groups in total. The largest absolute Gasteiger partial charge is 0.409 e. The summed E-state index contributed by atoms with van der Waals surface area (Å²) in [5.41, 5.74) is 0. The summed E-state index contributed by atoms with van der Waals surface area (Å²) in [6, 6.07) is 0. The number of ether oxygens (including phenoxy) is 1. The Kier molecular flexibility index (Phi) is 3.16. The zero-order valence-electron chi connectivity index (χ0n) is 6.79. The summed E-state index contributed by atoms with van der Waals surface area (Å²) in [7, 11) is 0. The molecule has 11 heavy (non-hydrogen) atoms. The molecule has 1 aliphatic heterocycles. The van der Waals surface area contributed by atoms with Gasteiger partial charge in [0, 0.05) is 19.7 Å². The standard InChI is InChI=1S/C7H14N2O2/c1-7(8-10)9-3-2-5-11-6-4-9/h10H,2-6H2,1H3/b8-7+. The fourth-order valence-corrected chi connectivity index (χ4v) is 1.13. The van der Waals surface area contributed by atoms with Gasteiger partial charge in [0.1, 0.15) is 5.84 Å². The second kappa shape index (κ2) is 4.18. The van der Waals surface area contributed by atoms with Crippen LogP contribution in [0.2, 0.25) is 0 Å². The molecule has 0 amide bonds. The van der Waals surface area contributed by atoms with E-state index in [1.807, 2.05) is 4.90 Å².